The van der Waals surface area contributed by atoms with E-state index in [1.54, 1.807) is 29.7 Å². The van der Waals surface area contributed by atoms with Crippen LogP contribution in [0.2, 0.25) is 0 Å². The Hall–Kier alpha value is -2.29. The summed E-state index contributed by atoms with van der Waals surface area (Å²) in [6, 6.07) is 11.4. The van der Waals surface area contributed by atoms with Gasteiger partial charge in [-0.1, -0.05) is 18.2 Å². The number of rotatable bonds is 6. The van der Waals surface area contributed by atoms with Crippen molar-refractivity contribution in [2.45, 2.75) is 24.2 Å². The monoisotopic (exact) mass is 429 g/mol. The van der Waals surface area contributed by atoms with Gasteiger partial charge in [0.05, 0.1) is 0 Å². The van der Waals surface area contributed by atoms with Crippen molar-refractivity contribution < 1.29 is 13.2 Å². The predicted molar refractivity (Wildman–Crippen MR) is 114 cm³/mol. The van der Waals surface area contributed by atoms with Gasteiger partial charge in [0.2, 0.25) is 15.9 Å². The van der Waals surface area contributed by atoms with Crippen LogP contribution in [0.25, 0.3) is 10.1 Å². The van der Waals surface area contributed by atoms with Crippen molar-refractivity contribution in [1.82, 2.24) is 14.6 Å². The molecule has 0 atom stereocenters. The molecule has 1 fully saturated rings. The Morgan fingerprint density at radius 2 is 1.97 bits per heavy atom. The highest BCUT2D eigenvalue weighted by molar-refractivity contribution is 7.89. The van der Waals surface area contributed by atoms with Crippen LogP contribution < -0.4 is 5.32 Å². The first kappa shape index (κ1) is 20.0. The number of benzene rings is 1. The van der Waals surface area contributed by atoms with Gasteiger partial charge in [-0.2, -0.15) is 4.31 Å². The van der Waals surface area contributed by atoms with E-state index < -0.39 is 10.0 Å². The summed E-state index contributed by atoms with van der Waals surface area (Å²) in [5, 5.41) is 6.43. The Morgan fingerprint density at radius 1 is 1.17 bits per heavy atom. The summed E-state index contributed by atoms with van der Waals surface area (Å²) in [6.45, 7) is 1.29. The summed E-state index contributed by atoms with van der Waals surface area (Å²) in [4.78, 5) is 16.6. The molecule has 3 heterocycles. The van der Waals surface area contributed by atoms with Crippen molar-refractivity contribution in [3.05, 3.63) is 59.7 Å². The number of fused-ring (bicyclic) bond motifs is 1. The van der Waals surface area contributed by atoms with Crippen molar-refractivity contribution >= 4 is 37.4 Å². The number of carbonyl (C=O) groups is 1. The topological polar surface area (TPSA) is 79.4 Å². The maximum Gasteiger partial charge on any atom is 0.244 e. The van der Waals surface area contributed by atoms with Crippen LogP contribution in [0.3, 0.4) is 0 Å². The van der Waals surface area contributed by atoms with E-state index in [1.165, 1.54) is 26.2 Å². The molecule has 1 saturated heterocycles. The highest BCUT2D eigenvalue weighted by Crippen LogP contribution is 2.26. The van der Waals surface area contributed by atoms with Gasteiger partial charge < -0.3 is 5.32 Å². The second-order valence-electron chi connectivity index (χ2n) is 7.17. The van der Waals surface area contributed by atoms with Crippen LogP contribution in [0, 0.1) is 5.92 Å². The van der Waals surface area contributed by atoms with Crippen molar-refractivity contribution in [2.75, 3.05) is 19.6 Å². The lowest BCUT2D eigenvalue weighted by molar-refractivity contribution is -0.126. The minimum absolute atomic E-state index is 0.0166. The maximum absolute atomic E-state index is 12.7. The number of hydrogen-bond donors (Lipinski definition) is 1. The third-order valence-electron chi connectivity index (χ3n) is 5.35. The minimum atomic E-state index is -3.54. The summed E-state index contributed by atoms with van der Waals surface area (Å²) in [5.41, 5.74) is 1.25. The SMILES string of the molecule is O=C(NCCc1csc2ccccc12)C1CCN(S(=O)(=O)c2cccnc2)CC1. The molecule has 0 bridgehead atoms. The van der Waals surface area contributed by atoms with E-state index in [-0.39, 0.29) is 16.7 Å². The van der Waals surface area contributed by atoms with E-state index in [2.05, 4.69) is 27.8 Å². The van der Waals surface area contributed by atoms with Crippen molar-refractivity contribution in [1.29, 1.82) is 0 Å². The first-order valence-corrected chi connectivity index (χ1v) is 12.0. The third-order valence-corrected chi connectivity index (χ3v) is 8.25. The van der Waals surface area contributed by atoms with Crippen LogP contribution in [0.15, 0.2) is 59.1 Å². The molecule has 4 rings (SSSR count). The van der Waals surface area contributed by atoms with Crippen LogP contribution in [0.1, 0.15) is 18.4 Å². The Labute approximate surface area is 174 Å². The number of hydrogen-bond acceptors (Lipinski definition) is 5. The highest BCUT2D eigenvalue weighted by atomic mass is 32.2. The molecule has 0 unspecified atom stereocenters. The fourth-order valence-corrected chi connectivity index (χ4v) is 6.13. The van der Waals surface area contributed by atoms with Gasteiger partial charge in [-0.3, -0.25) is 9.78 Å². The number of pyridine rings is 1. The molecule has 29 heavy (non-hydrogen) atoms. The van der Waals surface area contributed by atoms with Crippen molar-refractivity contribution in [3.8, 4) is 0 Å². The summed E-state index contributed by atoms with van der Waals surface area (Å²) >= 11 is 1.72. The van der Waals surface area contributed by atoms with Gasteiger partial charge in [-0.05, 0) is 53.8 Å². The van der Waals surface area contributed by atoms with Gasteiger partial charge in [0.25, 0.3) is 0 Å². The first-order chi connectivity index (χ1) is 14.1. The zero-order chi connectivity index (χ0) is 20.3. The minimum Gasteiger partial charge on any atom is -0.356 e. The third kappa shape index (κ3) is 4.34. The van der Waals surface area contributed by atoms with Gasteiger partial charge in [0, 0.05) is 42.6 Å². The van der Waals surface area contributed by atoms with E-state index in [1.807, 2.05) is 12.1 Å². The number of nitrogens with one attached hydrogen (secondary N) is 1. The van der Waals surface area contributed by atoms with Crippen LogP contribution >= 0.6 is 11.3 Å². The molecule has 0 aliphatic carbocycles. The Kier molecular flexibility index (Phi) is 5.94. The molecule has 1 amide bonds. The molecular weight excluding hydrogens is 406 g/mol. The summed E-state index contributed by atoms with van der Waals surface area (Å²) < 4.78 is 28.0. The molecule has 0 radical (unpaired) electrons. The molecule has 1 aliphatic rings. The number of sulfonamides is 1. The lowest BCUT2D eigenvalue weighted by Crippen LogP contribution is -2.43. The first-order valence-electron chi connectivity index (χ1n) is 9.69. The molecule has 1 aliphatic heterocycles. The number of amides is 1. The number of carbonyl (C=O) groups excluding carboxylic acids is 1. The van der Waals surface area contributed by atoms with Gasteiger partial charge in [0.1, 0.15) is 4.90 Å². The number of aromatic nitrogens is 1. The molecule has 0 saturated carbocycles. The highest BCUT2D eigenvalue weighted by Gasteiger charge is 2.32. The van der Waals surface area contributed by atoms with E-state index >= 15 is 0 Å². The van der Waals surface area contributed by atoms with Crippen molar-refractivity contribution in [3.63, 3.8) is 0 Å². The van der Waals surface area contributed by atoms with Gasteiger partial charge in [-0.15, -0.1) is 11.3 Å². The largest absolute Gasteiger partial charge is 0.356 e. The molecule has 2 aromatic heterocycles. The smallest absolute Gasteiger partial charge is 0.244 e. The number of nitrogens with zero attached hydrogens (tertiary/aromatic N) is 2. The van der Waals surface area contributed by atoms with E-state index in [0.717, 1.165) is 6.42 Å². The maximum atomic E-state index is 12.7. The fraction of sp³-hybridized carbons (Fsp3) is 0.333. The zero-order valence-electron chi connectivity index (χ0n) is 16.0. The van der Waals surface area contributed by atoms with Gasteiger partial charge in [-0.25, -0.2) is 8.42 Å². The Balaban J connectivity index is 1.28. The van der Waals surface area contributed by atoms with E-state index in [4.69, 9.17) is 0 Å². The average Bonchev–Trinajstić information content (AvgIpc) is 3.17. The molecular formula is C21H23N3O3S2. The van der Waals surface area contributed by atoms with Crippen LogP contribution in [-0.4, -0.2) is 43.2 Å². The average molecular weight is 430 g/mol. The molecule has 152 valence electrons. The van der Waals surface area contributed by atoms with Crippen LogP contribution in [-0.2, 0) is 21.2 Å². The lowest BCUT2D eigenvalue weighted by atomic mass is 9.97. The molecule has 1 aromatic carbocycles. The molecule has 1 N–H and O–H groups in total. The van der Waals surface area contributed by atoms with Gasteiger partial charge in [0.15, 0.2) is 0 Å². The normalized spacial score (nSPS) is 16.1. The molecule has 0 spiro atoms. The molecule has 8 heteroatoms. The summed E-state index contributed by atoms with van der Waals surface area (Å²) in [7, 11) is -3.54. The predicted octanol–water partition coefficient (Wildman–Crippen LogP) is 3.06. The molecule has 3 aromatic rings. The molecule has 6 nitrogen and oxygen atoms in total. The Morgan fingerprint density at radius 3 is 2.72 bits per heavy atom. The standard InChI is InChI=1S/C21H23N3O3S2/c25-21(23-11-7-17-15-28-20-6-2-1-5-19(17)20)16-8-12-24(13-9-16)29(26,27)18-4-3-10-22-14-18/h1-6,10,14-16H,7-9,11-13H2,(H,23,25). The van der Waals surface area contributed by atoms with Crippen LogP contribution in [0.5, 0.6) is 0 Å². The lowest BCUT2D eigenvalue weighted by Gasteiger charge is -2.30. The van der Waals surface area contributed by atoms with Gasteiger partial charge >= 0.3 is 0 Å². The van der Waals surface area contributed by atoms with E-state index in [0.29, 0.717) is 32.5 Å². The second kappa shape index (κ2) is 8.61. The fourth-order valence-electron chi connectivity index (χ4n) is 3.70. The Bertz CT molecular complexity index is 1090. The summed E-state index contributed by atoms with van der Waals surface area (Å²) in [5.74, 6) is -0.127. The second-order valence-corrected chi connectivity index (χ2v) is 10.0. The number of thiophene rings is 1. The number of piperidine rings is 1. The quantitative estimate of drug-likeness (QED) is 0.653. The van der Waals surface area contributed by atoms with Crippen LogP contribution in [0.4, 0.5) is 0 Å². The van der Waals surface area contributed by atoms with Crippen molar-refractivity contribution in [2.24, 2.45) is 5.92 Å². The zero-order valence-corrected chi connectivity index (χ0v) is 17.6. The van der Waals surface area contributed by atoms with E-state index in [9.17, 15) is 13.2 Å². The summed E-state index contributed by atoms with van der Waals surface area (Å²) in [6.07, 6.45) is 4.78.